The molecule has 2 N–H and O–H groups in total. The Balaban J connectivity index is 1.23. The smallest absolute Gasteiger partial charge is 0.133 e. The average molecular weight is 789 g/mol. The molecule has 0 saturated heterocycles. The van der Waals surface area contributed by atoms with Crippen LogP contribution in [0.15, 0.2) is 110 Å². The maximum atomic E-state index is 10.2. The molecule has 0 amide bonds. The molecule has 0 aliphatic heterocycles. The summed E-state index contributed by atoms with van der Waals surface area (Å²) in [5.41, 5.74) is 10.9. The fourth-order valence-electron chi connectivity index (χ4n) is 7.63. The number of phenolic OH excluding ortho intramolecular Hbond substituents is 2. The molecule has 0 heterocycles. The first-order valence-electron chi connectivity index (χ1n) is 20.0. The molecular weight excluding hydrogens is 733 g/mol. The highest BCUT2D eigenvalue weighted by Crippen LogP contribution is 2.42. The summed E-state index contributed by atoms with van der Waals surface area (Å²) in [4.78, 5) is 0. The average Bonchev–Trinajstić information content (AvgIpc) is 3.17. The molecule has 0 aliphatic rings. The van der Waals surface area contributed by atoms with Gasteiger partial charge in [-0.3, -0.25) is 0 Å². The zero-order chi connectivity index (χ0) is 42.8. The summed E-state index contributed by atoms with van der Waals surface area (Å²) >= 11 is 0. The van der Waals surface area contributed by atoms with Crippen molar-refractivity contribution >= 4 is 0 Å². The van der Waals surface area contributed by atoms with Crippen molar-refractivity contribution in [1.82, 2.24) is 0 Å². The number of rotatable bonds is 14. The molecule has 0 aliphatic carbocycles. The fourth-order valence-corrected chi connectivity index (χ4v) is 7.63. The summed E-state index contributed by atoms with van der Waals surface area (Å²) in [6.07, 6.45) is 5.09. The Morgan fingerprint density at radius 2 is 0.729 bits per heavy atom. The number of ether oxygens (including phenoxy) is 4. The molecule has 0 fully saturated rings. The van der Waals surface area contributed by atoms with Gasteiger partial charge in [0.1, 0.15) is 57.5 Å². The van der Waals surface area contributed by atoms with E-state index in [9.17, 15) is 10.2 Å². The van der Waals surface area contributed by atoms with Crippen molar-refractivity contribution < 1.29 is 29.2 Å². The highest BCUT2D eigenvalue weighted by atomic mass is 16.5. The molecule has 59 heavy (non-hydrogen) atoms. The van der Waals surface area contributed by atoms with Gasteiger partial charge in [-0.05, 0) is 196 Å². The lowest BCUT2D eigenvalue weighted by Crippen LogP contribution is -2.19. The van der Waals surface area contributed by atoms with Crippen LogP contribution in [0.5, 0.6) is 57.5 Å². The highest BCUT2D eigenvalue weighted by molar-refractivity contribution is 5.55. The van der Waals surface area contributed by atoms with E-state index in [0.29, 0.717) is 24.3 Å². The van der Waals surface area contributed by atoms with E-state index >= 15 is 0 Å². The molecule has 0 bridgehead atoms. The molecule has 0 spiro atoms. The van der Waals surface area contributed by atoms with E-state index in [0.717, 1.165) is 101 Å². The maximum Gasteiger partial charge on any atom is 0.133 e. The van der Waals surface area contributed by atoms with Crippen LogP contribution < -0.4 is 18.9 Å². The fraction of sp³-hybridized carbons (Fsp3) is 0.245. The summed E-state index contributed by atoms with van der Waals surface area (Å²) in [5, 5.41) is 20.4. The van der Waals surface area contributed by atoms with Gasteiger partial charge in [0.2, 0.25) is 0 Å². The SMILES string of the molecule is C=CCc1cc(C(C)(C)c2ccc(Oc3cc(C)c(Oc4cc(C)c(O)c(C)c4)c(C)c3)c(CC=C)c2)ccc1Oc1cc(C)c(Oc2cc(C)c(O)c(C)c2)c(C)c1. The number of aromatic hydroxyl groups is 2. The molecule has 6 heteroatoms. The molecule has 0 saturated carbocycles. The minimum Gasteiger partial charge on any atom is -0.507 e. The second kappa shape index (κ2) is 17.2. The van der Waals surface area contributed by atoms with Gasteiger partial charge in [-0.25, -0.2) is 0 Å². The second-order valence-electron chi connectivity index (χ2n) is 16.2. The Hall–Kier alpha value is -6.40. The standard InChI is InChI=1S/C53H56O6/c1-13-15-39-29-41(17-19-47(39)56-43-25-35(7)51(36(8)26-43)58-45-21-31(3)49(54)32(4)22-45)53(11,12)42-18-20-48(40(30-42)16-14-2)57-44-27-37(9)52(38(10)28-44)59-46-23-33(5)50(55)34(6)24-46/h13-14,17-30,54-55H,1-2,15-16H2,3-12H3. The van der Waals surface area contributed by atoms with Gasteiger partial charge < -0.3 is 29.2 Å². The van der Waals surface area contributed by atoms with Crippen LogP contribution in [0.3, 0.4) is 0 Å². The van der Waals surface area contributed by atoms with Gasteiger partial charge in [0.25, 0.3) is 0 Å². The maximum absolute atomic E-state index is 10.2. The minimum absolute atomic E-state index is 0.286. The van der Waals surface area contributed by atoms with Gasteiger partial charge in [-0.2, -0.15) is 0 Å². The number of hydrogen-bond acceptors (Lipinski definition) is 6. The minimum atomic E-state index is -0.350. The van der Waals surface area contributed by atoms with Gasteiger partial charge in [0, 0.05) is 5.41 Å². The Bertz CT molecular complexity index is 2310. The number of allylic oxidation sites excluding steroid dienone is 2. The molecule has 0 aromatic heterocycles. The van der Waals surface area contributed by atoms with Gasteiger partial charge >= 0.3 is 0 Å². The summed E-state index contributed by atoms with van der Waals surface area (Å²) in [6, 6.07) is 28.2. The number of benzene rings is 6. The van der Waals surface area contributed by atoms with Crippen molar-refractivity contribution in [1.29, 1.82) is 0 Å². The third kappa shape index (κ3) is 9.18. The van der Waals surface area contributed by atoms with Crippen LogP contribution in [0.4, 0.5) is 0 Å². The first-order chi connectivity index (χ1) is 28.0. The summed E-state index contributed by atoms with van der Waals surface area (Å²) in [7, 11) is 0. The third-order valence-corrected chi connectivity index (χ3v) is 11.0. The van der Waals surface area contributed by atoms with Crippen molar-refractivity contribution in [3.63, 3.8) is 0 Å². The Labute approximate surface area is 350 Å². The molecule has 6 aromatic rings. The van der Waals surface area contributed by atoms with Crippen LogP contribution in [-0.4, -0.2) is 10.2 Å². The zero-order valence-electron chi connectivity index (χ0n) is 36.1. The molecule has 6 aromatic carbocycles. The summed E-state index contributed by atoms with van der Waals surface area (Å²) in [5.74, 6) is 6.46. The van der Waals surface area contributed by atoms with Gasteiger partial charge in [-0.15, -0.1) is 13.2 Å². The van der Waals surface area contributed by atoms with E-state index < -0.39 is 0 Å². The predicted octanol–water partition coefficient (Wildman–Crippen LogP) is 14.5. The molecule has 0 radical (unpaired) electrons. The van der Waals surface area contributed by atoms with Crippen molar-refractivity contribution in [2.24, 2.45) is 0 Å². The van der Waals surface area contributed by atoms with Crippen molar-refractivity contribution in [3.8, 4) is 57.5 Å². The molecule has 6 rings (SSSR count). The van der Waals surface area contributed by atoms with Crippen molar-refractivity contribution in [2.45, 2.75) is 87.5 Å². The quantitative estimate of drug-likeness (QED) is 0.107. The molecule has 6 nitrogen and oxygen atoms in total. The molecular formula is C53H56O6. The van der Waals surface area contributed by atoms with E-state index in [1.807, 2.05) is 116 Å². The van der Waals surface area contributed by atoms with Gasteiger partial charge in [-0.1, -0.05) is 50.3 Å². The van der Waals surface area contributed by atoms with Gasteiger partial charge in [0.05, 0.1) is 0 Å². The number of hydrogen-bond donors (Lipinski definition) is 2. The third-order valence-electron chi connectivity index (χ3n) is 11.0. The van der Waals surface area contributed by atoms with Crippen LogP contribution in [0.25, 0.3) is 0 Å². The number of aryl methyl sites for hydroxylation is 8. The monoisotopic (exact) mass is 788 g/mol. The van der Waals surface area contributed by atoms with Crippen LogP contribution in [-0.2, 0) is 18.3 Å². The van der Waals surface area contributed by atoms with Crippen LogP contribution in [0.1, 0.15) is 80.6 Å². The summed E-state index contributed by atoms with van der Waals surface area (Å²) in [6.45, 7) is 28.1. The highest BCUT2D eigenvalue weighted by Gasteiger charge is 2.26. The lowest BCUT2D eigenvalue weighted by atomic mass is 9.76. The van der Waals surface area contributed by atoms with Crippen molar-refractivity contribution in [2.75, 3.05) is 0 Å². The largest absolute Gasteiger partial charge is 0.507 e. The normalized spacial score (nSPS) is 11.3. The van der Waals surface area contributed by atoms with E-state index in [2.05, 4.69) is 63.4 Å². The topological polar surface area (TPSA) is 77.4 Å². The lowest BCUT2D eigenvalue weighted by molar-refractivity contribution is 0.450. The Kier molecular flexibility index (Phi) is 12.3. The lowest BCUT2D eigenvalue weighted by Gasteiger charge is -2.28. The second-order valence-corrected chi connectivity index (χ2v) is 16.2. The first kappa shape index (κ1) is 42.2. The van der Waals surface area contributed by atoms with E-state index in [-0.39, 0.29) is 16.9 Å². The predicted molar refractivity (Wildman–Crippen MR) is 240 cm³/mol. The Morgan fingerprint density at radius 3 is 1.03 bits per heavy atom. The van der Waals surface area contributed by atoms with E-state index in [1.54, 1.807) is 0 Å². The van der Waals surface area contributed by atoms with E-state index in [4.69, 9.17) is 18.9 Å². The van der Waals surface area contributed by atoms with Gasteiger partial charge in [0.15, 0.2) is 0 Å². The summed E-state index contributed by atoms with van der Waals surface area (Å²) < 4.78 is 25.8. The molecule has 0 unspecified atom stereocenters. The zero-order valence-corrected chi connectivity index (χ0v) is 36.1. The Morgan fingerprint density at radius 1 is 0.441 bits per heavy atom. The molecule has 304 valence electrons. The van der Waals surface area contributed by atoms with Crippen LogP contribution >= 0.6 is 0 Å². The number of phenols is 2. The first-order valence-corrected chi connectivity index (χ1v) is 20.0. The van der Waals surface area contributed by atoms with Crippen LogP contribution in [0.2, 0.25) is 0 Å². The molecule has 0 atom stereocenters. The van der Waals surface area contributed by atoms with Crippen LogP contribution in [0, 0.1) is 55.4 Å². The van der Waals surface area contributed by atoms with E-state index in [1.165, 1.54) is 0 Å². The van der Waals surface area contributed by atoms with Crippen molar-refractivity contribution in [3.05, 3.63) is 177 Å².